The van der Waals surface area contributed by atoms with E-state index >= 15 is 0 Å². The van der Waals surface area contributed by atoms with Crippen molar-refractivity contribution in [3.05, 3.63) is 59.8 Å². The van der Waals surface area contributed by atoms with Crippen LogP contribution in [0.15, 0.2) is 42.7 Å². The molecule has 1 amide bonds. The average Bonchev–Trinajstić information content (AvgIpc) is 3.64. The van der Waals surface area contributed by atoms with Crippen molar-refractivity contribution >= 4 is 27.5 Å². The van der Waals surface area contributed by atoms with E-state index in [4.69, 9.17) is 9.47 Å². The molecule has 0 saturated carbocycles. The number of anilines is 1. The third-order valence-corrected chi connectivity index (χ3v) is 8.44. The molecule has 10 nitrogen and oxygen atoms in total. The number of aromatic nitrogens is 2. The summed E-state index contributed by atoms with van der Waals surface area (Å²) in [7, 11) is -3.10. The van der Waals surface area contributed by atoms with Gasteiger partial charge in [-0.1, -0.05) is 0 Å². The summed E-state index contributed by atoms with van der Waals surface area (Å²) in [5.41, 5.74) is 0.143. The van der Waals surface area contributed by atoms with Gasteiger partial charge in [0.05, 0.1) is 31.1 Å². The van der Waals surface area contributed by atoms with Crippen molar-refractivity contribution in [3.8, 4) is 5.75 Å². The van der Waals surface area contributed by atoms with Crippen LogP contribution in [0.4, 0.5) is 14.5 Å². The summed E-state index contributed by atoms with van der Waals surface area (Å²) in [6, 6.07) is 7.96. The summed E-state index contributed by atoms with van der Waals surface area (Å²) in [6.45, 7) is 3.88. The number of carbonyl (C=O) groups is 1. The fourth-order valence-corrected chi connectivity index (χ4v) is 6.21. The number of amides is 1. The second-order valence-electron chi connectivity index (χ2n) is 10.8. The molecule has 216 valence electrons. The van der Waals surface area contributed by atoms with Crippen LogP contribution in [-0.2, 0) is 14.9 Å². The lowest BCUT2D eigenvalue weighted by atomic mass is 10.0. The van der Waals surface area contributed by atoms with E-state index in [-0.39, 0.29) is 23.7 Å². The van der Waals surface area contributed by atoms with Gasteiger partial charge in [0.25, 0.3) is 5.91 Å². The molecular formula is C27H33F2N5O5S. The monoisotopic (exact) mass is 577 g/mol. The minimum absolute atomic E-state index is 0.0000851. The number of ether oxygens (including phenoxy) is 2. The van der Waals surface area contributed by atoms with Crippen molar-refractivity contribution in [2.24, 2.45) is 0 Å². The van der Waals surface area contributed by atoms with Gasteiger partial charge in [-0.3, -0.25) is 9.20 Å². The average molecular weight is 578 g/mol. The van der Waals surface area contributed by atoms with Crippen LogP contribution in [0.2, 0.25) is 0 Å². The predicted molar refractivity (Wildman–Crippen MR) is 145 cm³/mol. The van der Waals surface area contributed by atoms with Crippen molar-refractivity contribution in [2.75, 3.05) is 38.3 Å². The first-order valence-corrected chi connectivity index (χ1v) is 14.6. The molecule has 13 heteroatoms. The first kappa shape index (κ1) is 28.2. The Bertz CT molecular complexity index is 1500. The van der Waals surface area contributed by atoms with E-state index in [2.05, 4.69) is 9.88 Å². The molecule has 1 N–H and O–H groups in total. The molecule has 3 aromatic rings. The maximum absolute atomic E-state index is 14.4. The molecule has 2 fully saturated rings. The number of rotatable bonds is 9. The van der Waals surface area contributed by atoms with Crippen molar-refractivity contribution in [3.63, 3.8) is 0 Å². The van der Waals surface area contributed by atoms with Crippen LogP contribution in [0.1, 0.15) is 55.2 Å². The highest BCUT2D eigenvalue weighted by atomic mass is 32.2. The van der Waals surface area contributed by atoms with Gasteiger partial charge in [0.1, 0.15) is 34.7 Å². The number of halogens is 2. The van der Waals surface area contributed by atoms with E-state index in [0.717, 1.165) is 34.8 Å². The molecule has 0 bridgehead atoms. The Morgan fingerprint density at radius 2 is 2.08 bits per heavy atom. The number of pyridine rings is 1. The zero-order valence-electron chi connectivity index (χ0n) is 22.6. The van der Waals surface area contributed by atoms with Crippen molar-refractivity contribution in [1.82, 2.24) is 18.4 Å². The quantitative estimate of drug-likeness (QED) is 0.414. The fraction of sp³-hybridized carbons (Fsp3) is 0.481. The molecular weight excluding hydrogens is 544 g/mol. The zero-order valence-corrected chi connectivity index (χ0v) is 23.5. The van der Waals surface area contributed by atoms with E-state index in [0.29, 0.717) is 31.2 Å². The molecule has 2 unspecified atom stereocenters. The van der Waals surface area contributed by atoms with Crippen LogP contribution < -0.4 is 14.4 Å². The first-order valence-electron chi connectivity index (χ1n) is 13.2. The summed E-state index contributed by atoms with van der Waals surface area (Å²) in [5, 5.41) is 0. The molecule has 2 aromatic heterocycles. The minimum Gasteiger partial charge on any atom is -0.488 e. The normalized spacial score (nSPS) is 20.0. The highest BCUT2D eigenvalue weighted by Gasteiger charge is 2.32. The van der Waals surface area contributed by atoms with Gasteiger partial charge in [-0.2, -0.15) is 12.7 Å². The van der Waals surface area contributed by atoms with Crippen LogP contribution in [0.25, 0.3) is 5.65 Å². The van der Waals surface area contributed by atoms with Crippen molar-refractivity contribution in [1.29, 1.82) is 0 Å². The zero-order chi connectivity index (χ0) is 28.7. The molecule has 1 aromatic carbocycles. The van der Waals surface area contributed by atoms with Gasteiger partial charge in [0.15, 0.2) is 0 Å². The van der Waals surface area contributed by atoms with Crippen molar-refractivity contribution < 1.29 is 31.5 Å². The standard InChI is InChI=1S/C27H33F2N5O5S/c1-27(2,29)17-32(3)40(36,37)31-26(35)23-14-30-25-9-7-19(15-34(23)25)33-11-4-5-22(33)21-13-18(28)6-8-24(21)39-20-10-12-38-16-20/h6-9,13-15,20,22H,4-5,10-12,16-17H2,1-3H3,(H,31,35). The van der Waals surface area contributed by atoms with Gasteiger partial charge in [-0.15, -0.1) is 0 Å². The Labute approximate surface area is 232 Å². The number of benzene rings is 1. The summed E-state index contributed by atoms with van der Waals surface area (Å²) in [6.07, 6.45) is 5.30. The van der Waals surface area contributed by atoms with E-state index in [9.17, 15) is 22.0 Å². The fourth-order valence-electron chi connectivity index (χ4n) is 5.24. The largest absolute Gasteiger partial charge is 0.488 e. The van der Waals surface area contributed by atoms with Gasteiger partial charge in [-0.25, -0.2) is 18.5 Å². The molecule has 0 spiro atoms. The molecule has 2 saturated heterocycles. The molecule has 2 aliphatic rings. The lowest BCUT2D eigenvalue weighted by molar-refractivity contribution is 0.0971. The van der Waals surface area contributed by atoms with E-state index in [1.807, 2.05) is 10.8 Å². The van der Waals surface area contributed by atoms with E-state index in [1.165, 1.54) is 43.6 Å². The number of hydrogen-bond donors (Lipinski definition) is 1. The molecule has 5 rings (SSSR count). The number of imidazole rings is 1. The number of carbonyl (C=O) groups excluding carboxylic acids is 1. The molecule has 0 aliphatic carbocycles. The number of hydrogen-bond acceptors (Lipinski definition) is 7. The molecule has 4 heterocycles. The van der Waals surface area contributed by atoms with Crippen LogP contribution in [0.3, 0.4) is 0 Å². The van der Waals surface area contributed by atoms with Crippen molar-refractivity contribution in [2.45, 2.75) is 50.9 Å². The Morgan fingerprint density at radius 1 is 1.27 bits per heavy atom. The highest BCUT2D eigenvalue weighted by Crippen LogP contribution is 2.41. The number of alkyl halides is 1. The Morgan fingerprint density at radius 3 is 2.80 bits per heavy atom. The molecule has 40 heavy (non-hydrogen) atoms. The van der Waals surface area contributed by atoms with Gasteiger partial charge in [0.2, 0.25) is 0 Å². The maximum atomic E-state index is 14.4. The second-order valence-corrected chi connectivity index (χ2v) is 12.6. The summed E-state index contributed by atoms with van der Waals surface area (Å²) in [5.74, 6) is -0.641. The van der Waals surface area contributed by atoms with Gasteiger partial charge < -0.3 is 14.4 Å². The van der Waals surface area contributed by atoms with E-state index in [1.54, 1.807) is 18.3 Å². The topological polar surface area (TPSA) is 105 Å². The smallest absolute Gasteiger partial charge is 0.303 e. The maximum Gasteiger partial charge on any atom is 0.303 e. The lowest BCUT2D eigenvalue weighted by Gasteiger charge is -2.29. The number of nitrogens with one attached hydrogen (secondary N) is 1. The number of nitrogens with zero attached hydrogens (tertiary/aromatic N) is 4. The number of fused-ring (bicyclic) bond motifs is 1. The molecule has 0 radical (unpaired) electrons. The Balaban J connectivity index is 1.42. The third-order valence-electron chi connectivity index (χ3n) is 7.05. The van der Waals surface area contributed by atoms with Gasteiger partial charge in [-0.05, 0) is 57.0 Å². The molecule has 2 atom stereocenters. The van der Waals surface area contributed by atoms with Crippen LogP contribution in [-0.4, -0.2) is 73.1 Å². The second kappa shape index (κ2) is 10.9. The summed E-state index contributed by atoms with van der Waals surface area (Å²) in [4.78, 5) is 19.4. The SMILES string of the molecule is CN(CC(C)(C)F)S(=O)(=O)NC(=O)c1cnc2ccc(N3CCCC3c3cc(F)ccc3OC3CCOC3)cn12. The lowest BCUT2D eigenvalue weighted by Crippen LogP contribution is -2.45. The molecule has 2 aliphatic heterocycles. The van der Waals surface area contributed by atoms with Gasteiger partial charge in [0, 0.05) is 38.3 Å². The summed E-state index contributed by atoms with van der Waals surface area (Å²) < 4.78 is 69.6. The van der Waals surface area contributed by atoms with Gasteiger partial charge >= 0.3 is 10.2 Å². The van der Waals surface area contributed by atoms with Crippen LogP contribution in [0, 0.1) is 5.82 Å². The van der Waals surface area contributed by atoms with Crippen LogP contribution >= 0.6 is 0 Å². The first-order chi connectivity index (χ1) is 18.9. The Hall–Kier alpha value is -3.29. The summed E-state index contributed by atoms with van der Waals surface area (Å²) >= 11 is 0. The Kier molecular flexibility index (Phi) is 7.73. The highest BCUT2D eigenvalue weighted by molar-refractivity contribution is 7.87. The van der Waals surface area contributed by atoms with Crippen LogP contribution in [0.5, 0.6) is 5.75 Å². The van der Waals surface area contributed by atoms with E-state index < -0.39 is 28.3 Å². The third kappa shape index (κ3) is 6.06. The minimum atomic E-state index is -4.29. The predicted octanol–water partition coefficient (Wildman–Crippen LogP) is 3.64.